The first-order chi connectivity index (χ1) is 18.1. The molecule has 196 valence electrons. The van der Waals surface area contributed by atoms with Crippen LogP contribution in [0.15, 0.2) is 91.0 Å². The standard InChI is InChI=1S/C30H21F7O/c1-2-3-18-4-6-19(7-5-18)20-8-10-21(11-9-20)22-12-13-24(25(31)14-22)23-15-26(32)29(27(33)16-23)38-30(36,37)17-28(34)35/h4-17H,2-3H2,1H3. The molecule has 0 saturated carbocycles. The quantitative estimate of drug-likeness (QED) is 0.206. The van der Waals surface area contributed by atoms with Crippen LogP contribution in [0.5, 0.6) is 5.75 Å². The fourth-order valence-electron chi connectivity index (χ4n) is 4.04. The van der Waals surface area contributed by atoms with Gasteiger partial charge in [-0.3, -0.25) is 0 Å². The summed E-state index contributed by atoms with van der Waals surface area (Å²) in [7, 11) is 0. The maximum absolute atomic E-state index is 15.0. The number of rotatable bonds is 8. The molecule has 0 aliphatic heterocycles. The molecule has 0 atom stereocenters. The van der Waals surface area contributed by atoms with Crippen molar-refractivity contribution in [1.29, 1.82) is 0 Å². The Labute approximate surface area is 214 Å². The third-order valence-corrected chi connectivity index (χ3v) is 5.84. The van der Waals surface area contributed by atoms with Crippen LogP contribution >= 0.6 is 0 Å². The van der Waals surface area contributed by atoms with Crippen molar-refractivity contribution in [3.8, 4) is 39.1 Å². The second kappa shape index (κ2) is 11.1. The number of aryl methyl sites for hydroxylation is 1. The number of hydrogen-bond acceptors (Lipinski definition) is 1. The van der Waals surface area contributed by atoms with E-state index in [1.165, 1.54) is 17.7 Å². The highest BCUT2D eigenvalue weighted by molar-refractivity contribution is 5.74. The van der Waals surface area contributed by atoms with Gasteiger partial charge < -0.3 is 4.74 Å². The van der Waals surface area contributed by atoms with E-state index in [4.69, 9.17) is 0 Å². The number of halogens is 7. The fourth-order valence-corrected chi connectivity index (χ4v) is 4.04. The van der Waals surface area contributed by atoms with Gasteiger partial charge in [0.1, 0.15) is 5.82 Å². The van der Waals surface area contributed by atoms with Crippen LogP contribution in [0.2, 0.25) is 0 Å². The van der Waals surface area contributed by atoms with Gasteiger partial charge in [-0.25, -0.2) is 13.2 Å². The molecule has 0 saturated heterocycles. The van der Waals surface area contributed by atoms with Crippen LogP contribution in [0.25, 0.3) is 33.4 Å². The van der Waals surface area contributed by atoms with Crippen LogP contribution in [-0.4, -0.2) is 6.11 Å². The number of benzene rings is 4. The van der Waals surface area contributed by atoms with Gasteiger partial charge in [-0.05, 0) is 58.0 Å². The van der Waals surface area contributed by atoms with Crippen molar-refractivity contribution in [2.45, 2.75) is 25.9 Å². The topological polar surface area (TPSA) is 9.23 Å². The lowest BCUT2D eigenvalue weighted by molar-refractivity contribution is -0.137. The molecular formula is C30H21F7O. The molecule has 0 fully saturated rings. The molecule has 0 unspecified atom stereocenters. The highest BCUT2D eigenvalue weighted by atomic mass is 19.3. The molecule has 0 bridgehead atoms. The van der Waals surface area contributed by atoms with Crippen molar-refractivity contribution in [2.24, 2.45) is 0 Å². The minimum atomic E-state index is -4.65. The van der Waals surface area contributed by atoms with E-state index in [-0.39, 0.29) is 11.1 Å². The van der Waals surface area contributed by atoms with Gasteiger partial charge >= 0.3 is 6.11 Å². The monoisotopic (exact) mass is 530 g/mol. The summed E-state index contributed by atoms with van der Waals surface area (Å²) in [5.41, 5.74) is 4.02. The molecule has 0 amide bonds. The average Bonchev–Trinajstić information content (AvgIpc) is 2.86. The minimum Gasteiger partial charge on any atom is -0.423 e. The normalized spacial score (nSPS) is 11.4. The number of ether oxygens (including phenoxy) is 1. The largest absolute Gasteiger partial charge is 0.425 e. The molecule has 0 aliphatic carbocycles. The van der Waals surface area contributed by atoms with E-state index in [0.717, 1.165) is 24.0 Å². The zero-order chi connectivity index (χ0) is 27.4. The van der Waals surface area contributed by atoms with Crippen LogP contribution in [0, 0.1) is 17.5 Å². The Morgan fingerprint density at radius 3 is 1.66 bits per heavy atom. The first-order valence-electron chi connectivity index (χ1n) is 11.7. The van der Waals surface area contributed by atoms with Crippen molar-refractivity contribution in [3.05, 3.63) is 114 Å². The molecule has 4 rings (SSSR count). The van der Waals surface area contributed by atoms with Gasteiger partial charge in [-0.15, -0.1) is 0 Å². The summed E-state index contributed by atoms with van der Waals surface area (Å²) in [5.74, 6) is -5.57. The van der Waals surface area contributed by atoms with Crippen LogP contribution in [-0.2, 0) is 6.42 Å². The van der Waals surface area contributed by atoms with Crippen molar-refractivity contribution >= 4 is 0 Å². The summed E-state index contributed by atoms with van der Waals surface area (Å²) in [6.07, 6.45) is -6.25. The maximum Gasteiger partial charge on any atom is 0.425 e. The Kier molecular flexibility index (Phi) is 7.90. The summed E-state index contributed by atoms with van der Waals surface area (Å²) >= 11 is 0. The molecule has 4 aromatic carbocycles. The second-order valence-corrected chi connectivity index (χ2v) is 8.59. The van der Waals surface area contributed by atoms with Crippen molar-refractivity contribution in [3.63, 3.8) is 0 Å². The minimum absolute atomic E-state index is 0.191. The van der Waals surface area contributed by atoms with E-state index in [1.807, 2.05) is 36.4 Å². The third-order valence-electron chi connectivity index (χ3n) is 5.84. The Balaban J connectivity index is 1.56. The van der Waals surface area contributed by atoms with E-state index in [2.05, 4.69) is 23.8 Å². The number of alkyl halides is 2. The molecule has 38 heavy (non-hydrogen) atoms. The zero-order valence-corrected chi connectivity index (χ0v) is 20.1. The van der Waals surface area contributed by atoms with Gasteiger partial charge in [-0.2, -0.15) is 17.6 Å². The summed E-state index contributed by atoms with van der Waals surface area (Å²) in [6, 6.07) is 20.9. The van der Waals surface area contributed by atoms with E-state index in [0.29, 0.717) is 23.3 Å². The molecule has 4 aromatic rings. The molecule has 0 aromatic heterocycles. The van der Waals surface area contributed by atoms with Crippen molar-refractivity contribution < 1.29 is 35.5 Å². The second-order valence-electron chi connectivity index (χ2n) is 8.59. The zero-order valence-electron chi connectivity index (χ0n) is 20.1. The molecule has 0 aliphatic rings. The highest BCUT2D eigenvalue weighted by Crippen LogP contribution is 2.35. The smallest absolute Gasteiger partial charge is 0.423 e. The summed E-state index contributed by atoms with van der Waals surface area (Å²) in [4.78, 5) is 0. The lowest BCUT2D eigenvalue weighted by atomic mass is 9.97. The van der Waals surface area contributed by atoms with Gasteiger partial charge in [0, 0.05) is 5.56 Å². The summed E-state index contributed by atoms with van der Waals surface area (Å²) in [6.45, 7) is 2.12. The summed E-state index contributed by atoms with van der Waals surface area (Å²) < 4.78 is 98.5. The van der Waals surface area contributed by atoms with Crippen LogP contribution < -0.4 is 4.74 Å². The molecule has 0 N–H and O–H groups in total. The first-order valence-corrected chi connectivity index (χ1v) is 11.7. The predicted molar refractivity (Wildman–Crippen MR) is 132 cm³/mol. The van der Waals surface area contributed by atoms with Gasteiger partial charge in [0.15, 0.2) is 17.4 Å². The molecule has 0 radical (unpaired) electrons. The van der Waals surface area contributed by atoms with Gasteiger partial charge in [-0.1, -0.05) is 74.0 Å². The van der Waals surface area contributed by atoms with E-state index in [1.54, 1.807) is 6.07 Å². The lowest BCUT2D eigenvalue weighted by Gasteiger charge is -2.16. The van der Waals surface area contributed by atoms with Gasteiger partial charge in [0.25, 0.3) is 6.08 Å². The predicted octanol–water partition coefficient (Wildman–Crippen LogP) is 9.81. The Hall–Kier alpha value is -4.07. The molecule has 0 spiro atoms. The van der Waals surface area contributed by atoms with Crippen LogP contribution in [0.3, 0.4) is 0 Å². The Morgan fingerprint density at radius 1 is 0.684 bits per heavy atom. The van der Waals surface area contributed by atoms with E-state index in [9.17, 15) is 30.7 Å². The SMILES string of the molecule is CCCc1ccc(-c2ccc(-c3ccc(-c4cc(F)c(OC(F)(F)C=C(F)F)c(F)c4)c(F)c3)cc2)cc1. The molecule has 8 heteroatoms. The Bertz CT molecular complexity index is 1430. The van der Waals surface area contributed by atoms with E-state index < -0.39 is 41.5 Å². The van der Waals surface area contributed by atoms with Crippen LogP contribution in [0.1, 0.15) is 18.9 Å². The van der Waals surface area contributed by atoms with Crippen molar-refractivity contribution in [2.75, 3.05) is 0 Å². The average molecular weight is 530 g/mol. The fraction of sp³-hybridized carbons (Fsp3) is 0.133. The van der Waals surface area contributed by atoms with Gasteiger partial charge in [0.2, 0.25) is 0 Å². The lowest BCUT2D eigenvalue weighted by Crippen LogP contribution is -2.23. The number of hydrogen-bond donors (Lipinski definition) is 0. The molecular weight excluding hydrogens is 509 g/mol. The van der Waals surface area contributed by atoms with Crippen molar-refractivity contribution in [1.82, 2.24) is 0 Å². The maximum atomic E-state index is 15.0. The molecule has 1 nitrogen and oxygen atoms in total. The van der Waals surface area contributed by atoms with E-state index >= 15 is 0 Å². The molecule has 0 heterocycles. The highest BCUT2D eigenvalue weighted by Gasteiger charge is 2.33. The van der Waals surface area contributed by atoms with Gasteiger partial charge in [0.05, 0.1) is 6.08 Å². The Morgan fingerprint density at radius 2 is 1.16 bits per heavy atom. The van der Waals surface area contributed by atoms with Crippen LogP contribution in [0.4, 0.5) is 30.7 Å². The summed E-state index contributed by atoms with van der Waals surface area (Å²) in [5, 5.41) is 0. The third kappa shape index (κ3) is 6.25. The first kappa shape index (κ1) is 27.0.